The molecule has 0 aliphatic heterocycles. The number of amides is 1. The summed E-state index contributed by atoms with van der Waals surface area (Å²) in [5.74, 6) is -0.194. The number of nitrogens with one attached hydrogen (secondary N) is 3. The van der Waals surface area contributed by atoms with Gasteiger partial charge in [-0.1, -0.05) is 72.3 Å². The van der Waals surface area contributed by atoms with Crippen LogP contribution < -0.4 is 16.2 Å². The van der Waals surface area contributed by atoms with Gasteiger partial charge in [-0.25, -0.2) is 0 Å². The van der Waals surface area contributed by atoms with Crippen LogP contribution in [-0.2, 0) is 4.79 Å². The van der Waals surface area contributed by atoms with Crippen molar-refractivity contribution in [2.75, 3.05) is 5.32 Å². The van der Waals surface area contributed by atoms with Crippen molar-refractivity contribution < 1.29 is 4.79 Å². The van der Waals surface area contributed by atoms with Crippen LogP contribution in [0.15, 0.2) is 84.9 Å². The zero-order chi connectivity index (χ0) is 19.8. The first-order chi connectivity index (χ1) is 13.6. The molecule has 0 spiro atoms. The summed E-state index contributed by atoms with van der Waals surface area (Å²) in [4.78, 5) is 12.5. The molecule has 3 aromatic carbocycles. The molecule has 3 N–H and O–H groups in total. The molecule has 0 atom stereocenters. The minimum absolute atomic E-state index is 0.0398. The lowest BCUT2D eigenvalue weighted by molar-refractivity contribution is -0.121. The molecule has 3 rings (SSSR count). The van der Waals surface area contributed by atoms with E-state index in [1.165, 1.54) is 0 Å². The number of thiocarbonyl (C=S) groups is 1. The molecule has 0 unspecified atom stereocenters. The van der Waals surface area contributed by atoms with Gasteiger partial charge in [-0.2, -0.15) is 0 Å². The fourth-order valence-corrected chi connectivity index (χ4v) is 3.15. The van der Waals surface area contributed by atoms with Gasteiger partial charge in [0.25, 0.3) is 0 Å². The Kier molecular flexibility index (Phi) is 7.00. The number of carbonyl (C=O) groups is 1. The van der Waals surface area contributed by atoms with E-state index in [1.54, 1.807) is 24.3 Å². The summed E-state index contributed by atoms with van der Waals surface area (Å²) in [6.45, 7) is 0. The fourth-order valence-electron chi connectivity index (χ4n) is 2.86. The molecule has 0 saturated heterocycles. The first-order valence-corrected chi connectivity index (χ1v) is 9.62. The van der Waals surface area contributed by atoms with Crippen LogP contribution in [0.5, 0.6) is 0 Å². The topological polar surface area (TPSA) is 53.2 Å². The van der Waals surface area contributed by atoms with E-state index < -0.39 is 0 Å². The minimum Gasteiger partial charge on any atom is -0.331 e. The van der Waals surface area contributed by atoms with Crippen molar-refractivity contribution in [1.29, 1.82) is 0 Å². The van der Waals surface area contributed by atoms with Gasteiger partial charge >= 0.3 is 0 Å². The van der Waals surface area contributed by atoms with Gasteiger partial charge < -0.3 is 5.32 Å². The molecule has 0 fully saturated rings. The van der Waals surface area contributed by atoms with E-state index >= 15 is 0 Å². The van der Waals surface area contributed by atoms with Gasteiger partial charge in [-0.15, -0.1) is 0 Å². The van der Waals surface area contributed by atoms with Gasteiger partial charge in [0.1, 0.15) is 0 Å². The molecule has 0 radical (unpaired) electrons. The zero-order valence-corrected chi connectivity index (χ0v) is 16.6. The highest BCUT2D eigenvalue weighted by Gasteiger charge is 2.18. The second-order valence-corrected chi connectivity index (χ2v) is 7.06. The number of hydrogen-bond acceptors (Lipinski definition) is 2. The Balaban J connectivity index is 1.59. The number of hydrogen-bond donors (Lipinski definition) is 3. The molecule has 0 aliphatic carbocycles. The van der Waals surface area contributed by atoms with E-state index in [1.807, 2.05) is 60.7 Å². The van der Waals surface area contributed by atoms with Gasteiger partial charge in [-0.3, -0.25) is 15.6 Å². The Morgan fingerprint density at radius 3 is 1.89 bits per heavy atom. The lowest BCUT2D eigenvalue weighted by Crippen LogP contribution is -2.44. The maximum absolute atomic E-state index is 12.5. The van der Waals surface area contributed by atoms with Crippen LogP contribution in [0.3, 0.4) is 0 Å². The lowest BCUT2D eigenvalue weighted by atomic mass is 9.88. The van der Waals surface area contributed by atoms with Crippen LogP contribution in [0, 0.1) is 0 Å². The lowest BCUT2D eigenvalue weighted by Gasteiger charge is -2.18. The van der Waals surface area contributed by atoms with E-state index in [0.29, 0.717) is 16.6 Å². The average molecular weight is 410 g/mol. The van der Waals surface area contributed by atoms with Crippen LogP contribution >= 0.6 is 23.8 Å². The van der Waals surface area contributed by atoms with Gasteiger partial charge in [0.05, 0.1) is 0 Å². The standard InChI is InChI=1S/C22H20ClN3OS/c23-18-11-13-19(14-12-18)24-22(28)26-25-21(27)15-20(16-7-3-1-4-8-16)17-9-5-2-6-10-17/h1-14,20H,15H2,(H,25,27)(H2,24,26,28). The maximum atomic E-state index is 12.5. The first-order valence-electron chi connectivity index (χ1n) is 8.83. The van der Waals surface area contributed by atoms with Crippen LogP contribution in [0.1, 0.15) is 23.5 Å². The molecule has 0 aliphatic rings. The molecule has 3 aromatic rings. The highest BCUT2D eigenvalue weighted by atomic mass is 35.5. The third kappa shape index (κ3) is 5.81. The Morgan fingerprint density at radius 2 is 1.36 bits per heavy atom. The van der Waals surface area contributed by atoms with Gasteiger partial charge in [-0.05, 0) is 47.6 Å². The summed E-state index contributed by atoms with van der Waals surface area (Å²) in [6, 6.07) is 27.1. The number of hydrazine groups is 1. The summed E-state index contributed by atoms with van der Waals surface area (Å²) in [6.07, 6.45) is 0.296. The van der Waals surface area contributed by atoms with Crippen molar-refractivity contribution in [3.8, 4) is 0 Å². The maximum Gasteiger partial charge on any atom is 0.239 e. The molecule has 28 heavy (non-hydrogen) atoms. The molecule has 4 nitrogen and oxygen atoms in total. The number of benzene rings is 3. The largest absolute Gasteiger partial charge is 0.331 e. The van der Waals surface area contributed by atoms with E-state index in [2.05, 4.69) is 16.2 Å². The molecule has 6 heteroatoms. The molecular weight excluding hydrogens is 390 g/mol. The molecule has 0 saturated carbocycles. The third-order valence-electron chi connectivity index (χ3n) is 4.21. The quantitative estimate of drug-likeness (QED) is 0.415. The first kappa shape index (κ1) is 19.9. The van der Waals surface area contributed by atoms with Crippen LogP contribution in [0.4, 0.5) is 5.69 Å². The Morgan fingerprint density at radius 1 is 0.821 bits per heavy atom. The molecule has 0 bridgehead atoms. The van der Waals surface area contributed by atoms with E-state index in [0.717, 1.165) is 16.8 Å². The minimum atomic E-state index is -0.155. The SMILES string of the molecule is O=C(CC(c1ccccc1)c1ccccc1)NNC(=S)Nc1ccc(Cl)cc1. The zero-order valence-electron chi connectivity index (χ0n) is 15.1. The normalized spacial score (nSPS) is 10.4. The summed E-state index contributed by atoms with van der Waals surface area (Å²) in [5.41, 5.74) is 8.36. The molecular formula is C22H20ClN3OS. The van der Waals surface area contributed by atoms with E-state index in [-0.39, 0.29) is 11.8 Å². The van der Waals surface area contributed by atoms with E-state index in [4.69, 9.17) is 23.8 Å². The van der Waals surface area contributed by atoms with Crippen LogP contribution in [-0.4, -0.2) is 11.0 Å². The highest BCUT2D eigenvalue weighted by molar-refractivity contribution is 7.80. The summed E-state index contributed by atoms with van der Waals surface area (Å²) >= 11 is 11.1. The van der Waals surface area contributed by atoms with E-state index in [9.17, 15) is 4.79 Å². The predicted molar refractivity (Wildman–Crippen MR) is 118 cm³/mol. The third-order valence-corrected chi connectivity index (χ3v) is 4.67. The number of carbonyl (C=O) groups excluding carboxylic acids is 1. The predicted octanol–water partition coefficient (Wildman–Crippen LogP) is 4.88. The van der Waals surface area contributed by atoms with Crippen molar-refractivity contribution in [2.24, 2.45) is 0 Å². The van der Waals surface area contributed by atoms with Crippen LogP contribution in [0.2, 0.25) is 5.02 Å². The van der Waals surface area contributed by atoms with Crippen molar-refractivity contribution >= 4 is 40.5 Å². The number of halogens is 1. The number of anilines is 1. The summed E-state index contributed by atoms with van der Waals surface area (Å²) in [7, 11) is 0. The van der Waals surface area contributed by atoms with Crippen molar-refractivity contribution in [1.82, 2.24) is 10.9 Å². The number of rotatable bonds is 5. The van der Waals surface area contributed by atoms with Crippen molar-refractivity contribution in [3.63, 3.8) is 0 Å². The Bertz CT molecular complexity index is 878. The summed E-state index contributed by atoms with van der Waals surface area (Å²) < 4.78 is 0. The molecule has 1 amide bonds. The van der Waals surface area contributed by atoms with Crippen molar-refractivity contribution in [2.45, 2.75) is 12.3 Å². The molecule has 0 heterocycles. The molecule has 0 aromatic heterocycles. The van der Waals surface area contributed by atoms with Gasteiger partial charge in [0, 0.05) is 23.0 Å². The second-order valence-electron chi connectivity index (χ2n) is 6.21. The monoisotopic (exact) mass is 409 g/mol. The van der Waals surface area contributed by atoms with Crippen LogP contribution in [0.25, 0.3) is 0 Å². The summed E-state index contributed by atoms with van der Waals surface area (Å²) in [5, 5.41) is 3.93. The molecule has 142 valence electrons. The highest BCUT2D eigenvalue weighted by Crippen LogP contribution is 2.27. The Hall–Kier alpha value is -2.89. The smallest absolute Gasteiger partial charge is 0.239 e. The average Bonchev–Trinajstić information content (AvgIpc) is 2.73. The fraction of sp³-hybridized carbons (Fsp3) is 0.0909. The van der Waals surface area contributed by atoms with Gasteiger partial charge in [0.15, 0.2) is 5.11 Å². The second kappa shape index (κ2) is 9.88. The van der Waals surface area contributed by atoms with Crippen molar-refractivity contribution in [3.05, 3.63) is 101 Å². The Labute approximate surface area is 174 Å². The van der Waals surface area contributed by atoms with Gasteiger partial charge in [0.2, 0.25) is 5.91 Å².